The zero-order valence-corrected chi connectivity index (χ0v) is 15.4. The largest absolute Gasteiger partial charge is 0.365 e. The Balaban J connectivity index is 1.66. The van der Waals surface area contributed by atoms with Gasteiger partial charge in [0.05, 0.1) is 4.90 Å². The lowest BCUT2D eigenvalue weighted by atomic mass is 10.1. The maximum Gasteiger partial charge on any atom is 0.263 e. The lowest BCUT2D eigenvalue weighted by molar-refractivity contribution is 0.600. The van der Waals surface area contributed by atoms with Crippen LogP contribution in [0, 0.1) is 13.8 Å². The second-order valence-electron chi connectivity index (χ2n) is 6.01. The Morgan fingerprint density at radius 2 is 1.50 bits per heavy atom. The average Bonchev–Trinajstić information content (AvgIpc) is 2.62. The third kappa shape index (κ3) is 4.37. The van der Waals surface area contributed by atoms with Crippen molar-refractivity contribution in [3.63, 3.8) is 0 Å². The SMILES string of the molecule is Cc1ccc(CNc2ccc(NS(=O)(=O)c3ccccc3C)nn2)cc1. The summed E-state index contributed by atoms with van der Waals surface area (Å²) in [4.78, 5) is 0.225. The van der Waals surface area contributed by atoms with Gasteiger partial charge in [0, 0.05) is 6.54 Å². The Hall–Kier alpha value is -2.93. The van der Waals surface area contributed by atoms with E-state index in [9.17, 15) is 8.42 Å². The van der Waals surface area contributed by atoms with Crippen molar-refractivity contribution in [1.29, 1.82) is 0 Å². The highest BCUT2D eigenvalue weighted by molar-refractivity contribution is 7.92. The fourth-order valence-electron chi connectivity index (χ4n) is 2.43. The van der Waals surface area contributed by atoms with E-state index >= 15 is 0 Å². The van der Waals surface area contributed by atoms with Crippen molar-refractivity contribution in [1.82, 2.24) is 10.2 Å². The number of rotatable bonds is 6. The zero-order chi connectivity index (χ0) is 18.6. The van der Waals surface area contributed by atoms with Gasteiger partial charge in [0.25, 0.3) is 10.0 Å². The van der Waals surface area contributed by atoms with Crippen LogP contribution in [0.5, 0.6) is 0 Å². The van der Waals surface area contributed by atoms with Gasteiger partial charge in [-0.15, -0.1) is 10.2 Å². The first-order chi connectivity index (χ1) is 12.4. The highest BCUT2D eigenvalue weighted by atomic mass is 32.2. The summed E-state index contributed by atoms with van der Waals surface area (Å²) in [6.07, 6.45) is 0. The molecule has 6 nitrogen and oxygen atoms in total. The van der Waals surface area contributed by atoms with E-state index in [1.54, 1.807) is 43.3 Å². The minimum atomic E-state index is -3.69. The molecule has 2 N–H and O–H groups in total. The molecule has 0 saturated heterocycles. The number of aromatic nitrogens is 2. The van der Waals surface area contributed by atoms with Gasteiger partial charge < -0.3 is 5.32 Å². The maximum absolute atomic E-state index is 12.5. The second-order valence-corrected chi connectivity index (χ2v) is 7.66. The van der Waals surface area contributed by atoms with E-state index in [1.165, 1.54) is 5.56 Å². The van der Waals surface area contributed by atoms with Gasteiger partial charge in [-0.3, -0.25) is 4.72 Å². The molecule has 0 aliphatic rings. The van der Waals surface area contributed by atoms with Crippen LogP contribution in [-0.4, -0.2) is 18.6 Å². The van der Waals surface area contributed by atoms with Crippen molar-refractivity contribution in [2.24, 2.45) is 0 Å². The molecule has 1 aromatic heterocycles. The van der Waals surface area contributed by atoms with Crippen molar-refractivity contribution in [3.05, 3.63) is 77.4 Å². The Bertz CT molecular complexity index is 985. The Kier molecular flexibility index (Phi) is 5.18. The lowest BCUT2D eigenvalue weighted by Crippen LogP contribution is -2.15. The third-order valence-electron chi connectivity index (χ3n) is 3.88. The molecule has 2 aromatic carbocycles. The van der Waals surface area contributed by atoms with Crippen LogP contribution in [0.4, 0.5) is 11.6 Å². The monoisotopic (exact) mass is 368 g/mol. The van der Waals surface area contributed by atoms with Crippen LogP contribution in [-0.2, 0) is 16.6 Å². The van der Waals surface area contributed by atoms with Gasteiger partial charge >= 0.3 is 0 Å². The molecule has 0 bridgehead atoms. The van der Waals surface area contributed by atoms with Crippen LogP contribution in [0.2, 0.25) is 0 Å². The Morgan fingerprint density at radius 3 is 2.15 bits per heavy atom. The molecule has 1 heterocycles. The Labute approximate surface area is 153 Å². The van der Waals surface area contributed by atoms with Crippen molar-refractivity contribution >= 4 is 21.7 Å². The second kappa shape index (κ2) is 7.53. The summed E-state index contributed by atoms with van der Waals surface area (Å²) in [5, 5.41) is 11.1. The van der Waals surface area contributed by atoms with E-state index < -0.39 is 10.0 Å². The molecule has 0 unspecified atom stereocenters. The van der Waals surface area contributed by atoms with Crippen LogP contribution in [0.1, 0.15) is 16.7 Å². The summed E-state index contributed by atoms with van der Waals surface area (Å²) < 4.78 is 27.4. The number of nitrogens with one attached hydrogen (secondary N) is 2. The Morgan fingerprint density at radius 1 is 0.846 bits per heavy atom. The molecule has 0 amide bonds. The van der Waals surface area contributed by atoms with Gasteiger partial charge in [-0.2, -0.15) is 0 Å². The van der Waals surface area contributed by atoms with Crippen molar-refractivity contribution < 1.29 is 8.42 Å². The molecular formula is C19H20N4O2S. The molecule has 0 saturated carbocycles. The first-order valence-electron chi connectivity index (χ1n) is 8.16. The van der Waals surface area contributed by atoms with Gasteiger partial charge in [-0.1, -0.05) is 48.0 Å². The third-order valence-corrected chi connectivity index (χ3v) is 5.40. The summed E-state index contributed by atoms with van der Waals surface area (Å²) in [6, 6.07) is 18.2. The van der Waals surface area contributed by atoms with Gasteiger partial charge in [0.2, 0.25) is 0 Å². The standard InChI is InChI=1S/C19H20N4O2S/c1-14-7-9-16(10-8-14)13-20-18-11-12-19(22-21-18)23-26(24,25)17-6-4-3-5-15(17)2/h3-12H,13H2,1-2H3,(H,20,21)(H,22,23). The van der Waals surface area contributed by atoms with Gasteiger partial charge in [-0.25, -0.2) is 8.42 Å². The smallest absolute Gasteiger partial charge is 0.263 e. The van der Waals surface area contributed by atoms with Crippen LogP contribution in [0.3, 0.4) is 0 Å². The molecule has 0 aliphatic heterocycles. The van der Waals surface area contributed by atoms with Crippen molar-refractivity contribution in [3.8, 4) is 0 Å². The molecule has 0 aliphatic carbocycles. The van der Waals surface area contributed by atoms with Crippen LogP contribution < -0.4 is 10.0 Å². The molecule has 0 fully saturated rings. The first-order valence-corrected chi connectivity index (χ1v) is 9.64. The maximum atomic E-state index is 12.5. The predicted molar refractivity (Wildman–Crippen MR) is 103 cm³/mol. The molecule has 0 spiro atoms. The number of anilines is 2. The zero-order valence-electron chi connectivity index (χ0n) is 14.6. The van der Waals surface area contributed by atoms with E-state index in [-0.39, 0.29) is 10.7 Å². The number of hydrogen-bond donors (Lipinski definition) is 2. The predicted octanol–water partition coefficient (Wildman–Crippen LogP) is 3.51. The molecular weight excluding hydrogens is 348 g/mol. The van der Waals surface area contributed by atoms with Gasteiger partial charge in [0.1, 0.15) is 5.82 Å². The van der Waals surface area contributed by atoms with Crippen LogP contribution >= 0.6 is 0 Å². The van der Waals surface area contributed by atoms with E-state index in [2.05, 4.69) is 20.2 Å². The summed E-state index contributed by atoms with van der Waals surface area (Å²) >= 11 is 0. The minimum Gasteiger partial charge on any atom is -0.365 e. The molecule has 26 heavy (non-hydrogen) atoms. The fraction of sp³-hybridized carbons (Fsp3) is 0.158. The van der Waals surface area contributed by atoms with Crippen LogP contribution in [0.25, 0.3) is 0 Å². The molecule has 3 rings (SSSR count). The van der Waals surface area contributed by atoms with E-state index in [4.69, 9.17) is 0 Å². The van der Waals surface area contributed by atoms with Crippen molar-refractivity contribution in [2.45, 2.75) is 25.3 Å². The first kappa shape index (κ1) is 17.9. The highest BCUT2D eigenvalue weighted by Gasteiger charge is 2.17. The highest BCUT2D eigenvalue weighted by Crippen LogP contribution is 2.18. The fourth-order valence-corrected chi connectivity index (χ4v) is 3.67. The topological polar surface area (TPSA) is 84.0 Å². The average molecular weight is 368 g/mol. The number of hydrogen-bond acceptors (Lipinski definition) is 5. The number of nitrogens with zero attached hydrogens (tertiary/aromatic N) is 2. The molecule has 7 heteroatoms. The summed E-state index contributed by atoms with van der Waals surface area (Å²) in [5.74, 6) is 0.749. The van der Waals surface area contributed by atoms with Crippen LogP contribution in [0.15, 0.2) is 65.6 Å². The molecule has 3 aromatic rings. The lowest BCUT2D eigenvalue weighted by Gasteiger charge is -2.10. The summed E-state index contributed by atoms with van der Waals surface area (Å²) in [5.41, 5.74) is 3.00. The normalized spacial score (nSPS) is 11.2. The van der Waals surface area contributed by atoms with Gasteiger partial charge in [0.15, 0.2) is 5.82 Å². The van der Waals surface area contributed by atoms with E-state index in [1.807, 2.05) is 31.2 Å². The molecule has 0 radical (unpaired) electrons. The summed E-state index contributed by atoms with van der Waals surface area (Å²) in [7, 11) is -3.69. The van der Waals surface area contributed by atoms with E-state index in [0.717, 1.165) is 5.56 Å². The molecule has 0 atom stereocenters. The van der Waals surface area contributed by atoms with Gasteiger partial charge in [-0.05, 0) is 43.2 Å². The summed E-state index contributed by atoms with van der Waals surface area (Å²) in [6.45, 7) is 4.40. The molecule has 134 valence electrons. The minimum absolute atomic E-state index is 0.175. The number of aryl methyl sites for hydroxylation is 2. The van der Waals surface area contributed by atoms with Crippen molar-refractivity contribution in [2.75, 3.05) is 10.0 Å². The number of benzene rings is 2. The van der Waals surface area contributed by atoms with E-state index in [0.29, 0.717) is 17.9 Å². The quantitative estimate of drug-likeness (QED) is 0.696. The number of sulfonamides is 1.